The molecule has 19 heavy (non-hydrogen) atoms. The molecule has 3 nitrogen and oxygen atoms in total. The molecule has 3 saturated heterocycles. The summed E-state index contributed by atoms with van der Waals surface area (Å²) in [6, 6.07) is 4.50. The van der Waals surface area contributed by atoms with E-state index in [4.69, 9.17) is 0 Å². The lowest BCUT2D eigenvalue weighted by Gasteiger charge is -2.44. The molecule has 1 aromatic carbocycles. The highest BCUT2D eigenvalue weighted by Crippen LogP contribution is 2.27. The number of nitrogens with zero attached hydrogens (tertiary/aromatic N) is 1. The van der Waals surface area contributed by atoms with Crippen LogP contribution in [0.5, 0.6) is 0 Å². The number of rotatable bonds is 2. The highest BCUT2D eigenvalue weighted by atomic mass is 32.1. The molecule has 1 unspecified atom stereocenters. The third-order valence-corrected chi connectivity index (χ3v) is 4.52. The van der Waals surface area contributed by atoms with E-state index in [1.54, 1.807) is 0 Å². The van der Waals surface area contributed by atoms with Crippen LogP contribution in [0.1, 0.15) is 23.2 Å². The average molecular weight is 280 g/mol. The van der Waals surface area contributed by atoms with Crippen LogP contribution in [0.25, 0.3) is 0 Å². The van der Waals surface area contributed by atoms with Crippen molar-refractivity contribution < 1.29 is 9.18 Å². The van der Waals surface area contributed by atoms with Gasteiger partial charge in [0.05, 0.1) is 0 Å². The van der Waals surface area contributed by atoms with E-state index in [1.807, 2.05) is 0 Å². The standard InChI is InChI=1S/C14H17FN2OS/c15-11-2-1-10(7-13(11)19)14(18)16-12-8-17-5-3-9(12)4-6-17/h1-2,7,9,12,19H,3-6,8H2,(H,16,18). The van der Waals surface area contributed by atoms with E-state index in [1.165, 1.54) is 18.2 Å². The molecule has 1 N–H and O–H groups in total. The summed E-state index contributed by atoms with van der Waals surface area (Å²) in [5, 5.41) is 3.08. The molecule has 4 rings (SSSR count). The summed E-state index contributed by atoms with van der Waals surface area (Å²) in [5.41, 5.74) is 0.475. The van der Waals surface area contributed by atoms with Gasteiger partial charge in [0.25, 0.3) is 5.91 Å². The number of hydrogen-bond acceptors (Lipinski definition) is 3. The van der Waals surface area contributed by atoms with Gasteiger partial charge in [0.1, 0.15) is 5.82 Å². The first kappa shape index (κ1) is 12.9. The number of fused-ring (bicyclic) bond motifs is 3. The van der Waals surface area contributed by atoms with Gasteiger partial charge in [0, 0.05) is 23.0 Å². The van der Waals surface area contributed by atoms with E-state index in [9.17, 15) is 9.18 Å². The minimum Gasteiger partial charge on any atom is -0.348 e. The quantitative estimate of drug-likeness (QED) is 0.812. The molecular weight excluding hydrogens is 263 g/mol. The summed E-state index contributed by atoms with van der Waals surface area (Å²) < 4.78 is 13.1. The number of carbonyl (C=O) groups excluding carboxylic acids is 1. The van der Waals surface area contributed by atoms with Crippen LogP contribution >= 0.6 is 12.6 Å². The lowest BCUT2D eigenvalue weighted by Crippen LogP contribution is -2.57. The summed E-state index contributed by atoms with van der Waals surface area (Å²) in [5.74, 6) is 0.0571. The number of thiol groups is 1. The van der Waals surface area contributed by atoms with Crippen molar-refractivity contribution in [1.82, 2.24) is 10.2 Å². The van der Waals surface area contributed by atoms with Crippen molar-refractivity contribution in [3.63, 3.8) is 0 Å². The average Bonchev–Trinajstić information content (AvgIpc) is 2.43. The van der Waals surface area contributed by atoms with E-state index in [2.05, 4.69) is 22.8 Å². The Morgan fingerprint density at radius 3 is 2.68 bits per heavy atom. The molecular formula is C14H17FN2OS. The van der Waals surface area contributed by atoms with E-state index >= 15 is 0 Å². The lowest BCUT2D eigenvalue weighted by molar-refractivity contribution is 0.0620. The minimum atomic E-state index is -0.400. The number of halogens is 1. The Morgan fingerprint density at radius 2 is 2.11 bits per heavy atom. The largest absolute Gasteiger partial charge is 0.348 e. The van der Waals surface area contributed by atoms with E-state index in [0.29, 0.717) is 11.5 Å². The monoisotopic (exact) mass is 280 g/mol. The first-order valence-corrected chi connectivity index (χ1v) is 7.10. The van der Waals surface area contributed by atoms with E-state index in [0.717, 1.165) is 32.5 Å². The molecule has 1 atom stereocenters. The number of piperidine rings is 3. The smallest absolute Gasteiger partial charge is 0.251 e. The maximum atomic E-state index is 13.1. The van der Waals surface area contributed by atoms with Gasteiger partial charge in [-0.25, -0.2) is 4.39 Å². The van der Waals surface area contributed by atoms with Crippen molar-refractivity contribution in [3.8, 4) is 0 Å². The third kappa shape index (κ3) is 2.62. The summed E-state index contributed by atoms with van der Waals surface area (Å²) in [6.45, 7) is 3.23. The van der Waals surface area contributed by atoms with Gasteiger partial charge in [0.15, 0.2) is 0 Å². The van der Waals surface area contributed by atoms with Gasteiger partial charge in [-0.2, -0.15) is 0 Å². The fraction of sp³-hybridized carbons (Fsp3) is 0.500. The SMILES string of the molecule is O=C(NC1CN2CCC1CC2)c1ccc(F)c(S)c1. The van der Waals surface area contributed by atoms with Crippen molar-refractivity contribution in [2.45, 2.75) is 23.8 Å². The van der Waals surface area contributed by atoms with Crippen molar-refractivity contribution in [1.29, 1.82) is 0 Å². The summed E-state index contributed by atoms with van der Waals surface area (Å²) >= 11 is 4.01. The molecule has 3 fully saturated rings. The van der Waals surface area contributed by atoms with Gasteiger partial charge in [-0.1, -0.05) is 0 Å². The second kappa shape index (κ2) is 5.13. The molecule has 0 saturated carbocycles. The summed E-state index contributed by atoms with van der Waals surface area (Å²) in [4.78, 5) is 14.8. The molecule has 3 heterocycles. The van der Waals surface area contributed by atoms with Crippen LogP contribution in [0, 0.1) is 11.7 Å². The van der Waals surface area contributed by atoms with Gasteiger partial charge in [-0.15, -0.1) is 12.6 Å². The number of benzene rings is 1. The zero-order valence-corrected chi connectivity index (χ0v) is 11.5. The second-order valence-corrected chi connectivity index (χ2v) is 5.87. The second-order valence-electron chi connectivity index (χ2n) is 5.38. The maximum absolute atomic E-state index is 13.1. The highest BCUT2D eigenvalue weighted by molar-refractivity contribution is 7.80. The molecule has 2 bridgehead atoms. The third-order valence-electron chi connectivity index (χ3n) is 4.18. The molecule has 3 aliphatic rings. The highest BCUT2D eigenvalue weighted by Gasteiger charge is 2.34. The zero-order valence-electron chi connectivity index (χ0n) is 10.6. The number of hydrogen-bond donors (Lipinski definition) is 2. The van der Waals surface area contributed by atoms with Crippen molar-refractivity contribution in [2.24, 2.45) is 5.92 Å². The van der Waals surface area contributed by atoms with Crippen LogP contribution < -0.4 is 5.32 Å². The van der Waals surface area contributed by atoms with Crippen LogP contribution in [0.3, 0.4) is 0 Å². The summed E-state index contributed by atoms with van der Waals surface area (Å²) in [7, 11) is 0. The van der Waals surface area contributed by atoms with E-state index < -0.39 is 5.82 Å². The Bertz CT molecular complexity index is 500. The van der Waals surface area contributed by atoms with Crippen LogP contribution in [0.2, 0.25) is 0 Å². The molecule has 1 amide bonds. The van der Waals surface area contributed by atoms with Crippen LogP contribution in [0.4, 0.5) is 4.39 Å². The molecule has 1 aromatic rings. The van der Waals surface area contributed by atoms with Crippen LogP contribution in [0.15, 0.2) is 23.1 Å². The first-order valence-electron chi connectivity index (χ1n) is 6.65. The van der Waals surface area contributed by atoms with Gasteiger partial charge in [-0.05, 0) is 50.0 Å². The fourth-order valence-corrected chi connectivity index (χ4v) is 3.25. The Hall–Kier alpha value is -1.07. The number of carbonyl (C=O) groups is 1. The Labute approximate surface area is 117 Å². The number of nitrogens with one attached hydrogen (secondary N) is 1. The van der Waals surface area contributed by atoms with Gasteiger partial charge >= 0.3 is 0 Å². The lowest BCUT2D eigenvalue weighted by atomic mass is 9.84. The fourth-order valence-electron chi connectivity index (χ4n) is 3.03. The van der Waals surface area contributed by atoms with Gasteiger partial charge in [0.2, 0.25) is 0 Å². The normalized spacial score (nSPS) is 29.3. The molecule has 0 aliphatic carbocycles. The molecule has 102 valence electrons. The van der Waals surface area contributed by atoms with Gasteiger partial charge < -0.3 is 10.2 Å². The van der Waals surface area contributed by atoms with E-state index in [-0.39, 0.29) is 16.8 Å². The van der Waals surface area contributed by atoms with Crippen molar-refractivity contribution in [3.05, 3.63) is 29.6 Å². The topological polar surface area (TPSA) is 32.3 Å². The predicted molar refractivity (Wildman–Crippen MR) is 74.1 cm³/mol. The molecule has 0 radical (unpaired) electrons. The Balaban J connectivity index is 1.69. The van der Waals surface area contributed by atoms with Crippen molar-refractivity contribution >= 4 is 18.5 Å². The predicted octanol–water partition coefficient (Wildman–Crippen LogP) is 1.94. The first-order chi connectivity index (χ1) is 9.13. The zero-order chi connectivity index (χ0) is 13.4. The molecule has 0 aromatic heterocycles. The Kier molecular flexibility index (Phi) is 3.50. The maximum Gasteiger partial charge on any atom is 0.251 e. The molecule has 5 heteroatoms. The van der Waals surface area contributed by atoms with Crippen molar-refractivity contribution in [2.75, 3.05) is 19.6 Å². The summed E-state index contributed by atoms with van der Waals surface area (Å²) in [6.07, 6.45) is 2.32. The van der Waals surface area contributed by atoms with Crippen LogP contribution in [-0.4, -0.2) is 36.5 Å². The molecule has 0 spiro atoms. The van der Waals surface area contributed by atoms with Gasteiger partial charge in [-0.3, -0.25) is 4.79 Å². The minimum absolute atomic E-state index is 0.131. The Morgan fingerprint density at radius 1 is 1.37 bits per heavy atom. The van der Waals surface area contributed by atoms with Crippen LogP contribution in [-0.2, 0) is 0 Å². The number of amides is 1. The molecule has 3 aliphatic heterocycles.